The van der Waals surface area contributed by atoms with Gasteiger partial charge in [-0.15, -0.1) is 0 Å². The molecule has 7 aromatic heterocycles. The van der Waals surface area contributed by atoms with E-state index in [0.29, 0.717) is 0 Å². The fourth-order valence-electron chi connectivity index (χ4n) is 14.5. The van der Waals surface area contributed by atoms with Gasteiger partial charge in [-0.1, -0.05) is 152 Å². The summed E-state index contributed by atoms with van der Waals surface area (Å²) in [6, 6.07) is 105. The molecule has 20 rings (SSSR count). The lowest BCUT2D eigenvalue weighted by Gasteiger charge is -2.12. The van der Waals surface area contributed by atoms with Crippen LogP contribution in [0, 0.1) is 3.57 Å². The van der Waals surface area contributed by atoms with E-state index in [4.69, 9.17) is 0 Å². The first kappa shape index (κ1) is 52.8. The summed E-state index contributed by atoms with van der Waals surface area (Å²) in [5.74, 6) is 0. The van der Waals surface area contributed by atoms with Gasteiger partial charge >= 0.3 is 0 Å². The summed E-state index contributed by atoms with van der Waals surface area (Å²) < 4.78 is 13.1. The molecule has 428 valence electrons. The Hall–Kier alpha value is -11.3. The zero-order valence-electron chi connectivity index (χ0n) is 49.2. The predicted octanol–water partition coefficient (Wildman–Crippen LogP) is 21.5. The average molecular weight is 1280 g/mol. The van der Waals surface area contributed by atoms with E-state index < -0.39 is 0 Å². The predicted molar refractivity (Wildman–Crippen MR) is 388 cm³/mol. The first-order chi connectivity index (χ1) is 45.1. The second-order valence-electron chi connectivity index (χ2n) is 23.5. The Morgan fingerprint density at radius 3 is 0.945 bits per heavy atom. The van der Waals surface area contributed by atoms with Crippen molar-refractivity contribution in [2.75, 3.05) is 0 Å². The van der Waals surface area contributed by atoms with E-state index >= 15 is 0 Å². The highest BCUT2D eigenvalue weighted by Crippen LogP contribution is 2.42. The minimum absolute atomic E-state index is 1.00. The van der Waals surface area contributed by atoms with Gasteiger partial charge in [0.15, 0.2) is 0 Å². The fraction of sp³-hybridized carbons (Fsp3) is 0.0120. The van der Waals surface area contributed by atoms with Crippen molar-refractivity contribution in [3.63, 3.8) is 0 Å². The van der Waals surface area contributed by atoms with Crippen molar-refractivity contribution in [1.82, 2.24) is 32.8 Å². The monoisotopic (exact) mass is 1280 g/mol. The number of hydrogen-bond donors (Lipinski definition) is 0. The van der Waals surface area contributed by atoms with Crippen LogP contribution >= 0.6 is 22.6 Å². The summed E-state index contributed by atoms with van der Waals surface area (Å²) in [7, 11) is 0. The molecule has 7 nitrogen and oxygen atoms in total. The molecule has 0 unspecified atom stereocenters. The molecule has 1 aliphatic rings. The molecule has 0 amide bonds. The molecule has 8 heteroatoms. The third kappa shape index (κ3) is 8.54. The van der Waals surface area contributed by atoms with Crippen LogP contribution in [0.4, 0.5) is 0 Å². The van der Waals surface area contributed by atoms with Crippen molar-refractivity contribution in [3.8, 4) is 39.6 Å². The van der Waals surface area contributed by atoms with Crippen LogP contribution in [0.5, 0.6) is 0 Å². The van der Waals surface area contributed by atoms with Crippen molar-refractivity contribution in [2.45, 2.75) is 6.42 Å². The van der Waals surface area contributed by atoms with Crippen molar-refractivity contribution in [3.05, 3.63) is 331 Å². The largest absolute Gasteiger partial charge is 0.309 e. The maximum absolute atomic E-state index is 4.54. The number of fused-ring (bicyclic) bond motifs is 18. The van der Waals surface area contributed by atoms with Crippen LogP contribution in [0.3, 0.4) is 0 Å². The lowest BCUT2D eigenvalue weighted by molar-refractivity contribution is 1.14. The van der Waals surface area contributed by atoms with Crippen LogP contribution in [-0.4, -0.2) is 32.8 Å². The summed E-state index contributed by atoms with van der Waals surface area (Å²) in [5, 5.41) is 12.6. The van der Waals surface area contributed by atoms with Crippen molar-refractivity contribution in [2.24, 2.45) is 0 Å². The molecule has 0 atom stereocenters. The summed E-state index contributed by atoms with van der Waals surface area (Å²) in [5.41, 5.74) is 23.3. The molecule has 19 aromatic rings. The second-order valence-corrected chi connectivity index (χ2v) is 24.7. The molecular formula is C83H54IN7. The van der Waals surface area contributed by atoms with E-state index in [-0.39, 0.29) is 0 Å². The number of benzene rings is 12. The highest BCUT2D eigenvalue weighted by atomic mass is 127. The van der Waals surface area contributed by atoms with E-state index in [0.717, 1.165) is 39.9 Å². The Morgan fingerprint density at radius 1 is 0.231 bits per heavy atom. The van der Waals surface area contributed by atoms with Gasteiger partial charge in [-0.05, 0) is 185 Å². The zero-order valence-corrected chi connectivity index (χ0v) is 51.4. The highest BCUT2D eigenvalue weighted by molar-refractivity contribution is 14.1. The normalized spacial score (nSPS) is 12.0. The molecule has 0 saturated heterocycles. The molecular weight excluding hydrogens is 1220 g/mol. The van der Waals surface area contributed by atoms with Gasteiger partial charge in [-0.3, -0.25) is 9.97 Å². The molecule has 0 radical (unpaired) electrons. The second kappa shape index (κ2) is 21.5. The van der Waals surface area contributed by atoms with Gasteiger partial charge in [0.2, 0.25) is 0 Å². The summed E-state index contributed by atoms with van der Waals surface area (Å²) in [4.78, 5) is 8.89. The van der Waals surface area contributed by atoms with E-state index in [1.165, 1.54) is 130 Å². The number of halogens is 1. The summed E-state index contributed by atoms with van der Waals surface area (Å²) >= 11 is 2.34. The number of aromatic nitrogens is 7. The Morgan fingerprint density at radius 2 is 0.527 bits per heavy atom. The topological polar surface area (TPSA) is 50.4 Å². The number of para-hydroxylation sites is 8. The lowest BCUT2D eigenvalue weighted by Crippen LogP contribution is -1.97. The van der Waals surface area contributed by atoms with E-state index in [1.807, 2.05) is 24.8 Å². The molecule has 12 aromatic carbocycles. The smallest absolute Gasteiger partial charge is 0.0571 e. The van der Waals surface area contributed by atoms with Gasteiger partial charge in [0.1, 0.15) is 0 Å². The van der Waals surface area contributed by atoms with Crippen LogP contribution in [0.1, 0.15) is 11.1 Å². The Balaban J connectivity index is 0.000000112. The number of rotatable bonds is 5. The average Bonchev–Trinajstić information content (AvgIpc) is 1.63. The Labute approximate surface area is 537 Å². The fourth-order valence-corrected chi connectivity index (χ4v) is 14.9. The van der Waals surface area contributed by atoms with Crippen molar-refractivity contribution in [1.29, 1.82) is 0 Å². The molecule has 1 aliphatic carbocycles. The van der Waals surface area contributed by atoms with Gasteiger partial charge in [-0.2, -0.15) is 0 Å². The van der Waals surface area contributed by atoms with Gasteiger partial charge in [0, 0.05) is 116 Å². The third-order valence-electron chi connectivity index (χ3n) is 18.5. The van der Waals surface area contributed by atoms with E-state index in [9.17, 15) is 0 Å². The summed E-state index contributed by atoms with van der Waals surface area (Å²) in [6.07, 6.45) is 8.77. The minimum atomic E-state index is 1.00. The minimum Gasteiger partial charge on any atom is -0.309 e. The SMILES string of the molecule is Ic1ccc(-n2c3ccccc3c3ccccc32)cc1.c1ccc2c(c1)c1ccccc1n2-c1ccc(-n2c3ccncc3c3cc(-n4c5ccccc5c5ccccc54)ccc32)cc1.c1ccc2c(c1)c1ccccc1n2-c1ccc2c(c1)-c1cnccc1C2. The maximum atomic E-state index is 4.54. The van der Waals surface area contributed by atoms with Gasteiger partial charge in [0.25, 0.3) is 0 Å². The Kier molecular flexibility index (Phi) is 12.4. The number of nitrogens with zero attached hydrogens (tertiary/aromatic N) is 7. The van der Waals surface area contributed by atoms with Crippen LogP contribution < -0.4 is 0 Å². The third-order valence-corrected chi connectivity index (χ3v) is 19.2. The standard InChI is InChI=1S/C41H26N4.C24H16N2.C18H12IN/c1-5-13-36-30(9-1)31-10-2-6-14-37(31)43(36)27-17-19-28(20-18-27)44-40-22-21-29(25-34(40)35-26-42-24-23-41(35)44)45-38-15-7-3-11-32(38)33-12-4-8-16-39(33)45;1-3-7-23-19(5-1)20-6-2-4-8-24(20)26(23)18-10-9-16-13-17-11-12-25-15-22(17)21(16)14-18;19-13-9-11-14(12-10-13)20-17-7-3-1-5-15(17)16-6-2-4-8-18(16)20/h1-26H;1-12,14-15H,13H2;1-12H. The molecule has 0 spiro atoms. The van der Waals surface area contributed by atoms with E-state index in [1.54, 1.807) is 0 Å². The van der Waals surface area contributed by atoms with E-state index in [2.05, 4.69) is 347 Å². The van der Waals surface area contributed by atoms with Gasteiger partial charge in [-0.25, -0.2) is 0 Å². The van der Waals surface area contributed by atoms with Gasteiger partial charge < -0.3 is 22.8 Å². The zero-order chi connectivity index (χ0) is 60.1. The number of pyridine rings is 2. The van der Waals surface area contributed by atoms with Crippen LogP contribution in [0.15, 0.2) is 316 Å². The van der Waals surface area contributed by atoms with Crippen LogP contribution in [-0.2, 0) is 6.42 Å². The molecule has 91 heavy (non-hydrogen) atoms. The van der Waals surface area contributed by atoms with Crippen molar-refractivity contribution < 1.29 is 0 Å². The maximum Gasteiger partial charge on any atom is 0.0571 e. The first-order valence-corrected chi connectivity index (χ1v) is 31.9. The lowest BCUT2D eigenvalue weighted by atomic mass is 10.1. The van der Waals surface area contributed by atoms with Gasteiger partial charge in [0.05, 0.1) is 55.2 Å². The summed E-state index contributed by atoms with van der Waals surface area (Å²) in [6.45, 7) is 0. The quantitative estimate of drug-likeness (QED) is 0.161. The molecule has 0 aliphatic heterocycles. The molecule has 0 saturated carbocycles. The highest BCUT2D eigenvalue weighted by Gasteiger charge is 2.22. The molecule has 7 heterocycles. The van der Waals surface area contributed by atoms with Crippen LogP contribution in [0.2, 0.25) is 0 Å². The Bertz CT molecular complexity index is 5860. The van der Waals surface area contributed by atoms with Crippen molar-refractivity contribution >= 4 is 132 Å². The molecule has 0 fully saturated rings. The number of hydrogen-bond acceptors (Lipinski definition) is 2. The van der Waals surface area contributed by atoms with Crippen LogP contribution in [0.25, 0.3) is 149 Å². The molecule has 0 bridgehead atoms. The molecule has 0 N–H and O–H groups in total. The first-order valence-electron chi connectivity index (χ1n) is 30.8.